The average Bonchev–Trinajstić information content (AvgIpc) is 2.81. The Labute approximate surface area is 130 Å². The molecule has 0 amide bonds. The predicted molar refractivity (Wildman–Crippen MR) is 83.4 cm³/mol. The fraction of sp³-hybridized carbons (Fsp3) is 0.125. The minimum Gasteiger partial charge on any atom is -0.506 e. The summed E-state index contributed by atoms with van der Waals surface area (Å²) >= 11 is 1.32. The number of Topliss-reactive ketones (excluding diaryl/α,β-unsaturated/α-hetero) is 1. The number of carbonyl (C=O) groups is 2. The molecule has 3 N–H and O–H groups in total. The van der Waals surface area contributed by atoms with Crippen LogP contribution in [0, 0.1) is 0 Å². The van der Waals surface area contributed by atoms with Crippen LogP contribution in [0.4, 0.5) is 0 Å². The van der Waals surface area contributed by atoms with E-state index in [2.05, 4.69) is 5.32 Å². The van der Waals surface area contributed by atoms with Gasteiger partial charge in [0, 0.05) is 22.8 Å². The van der Waals surface area contributed by atoms with Crippen LogP contribution < -0.4 is 5.32 Å². The molecule has 2 aliphatic rings. The van der Waals surface area contributed by atoms with Gasteiger partial charge in [0.1, 0.15) is 11.3 Å². The molecule has 1 unspecified atom stereocenters. The lowest BCUT2D eigenvalue weighted by atomic mass is 9.69. The summed E-state index contributed by atoms with van der Waals surface area (Å²) in [4.78, 5) is 24.3. The summed E-state index contributed by atoms with van der Waals surface area (Å²) in [6.07, 6.45) is 8.77. The maximum atomic E-state index is 12.8. The zero-order valence-corrected chi connectivity index (χ0v) is 12.5. The van der Waals surface area contributed by atoms with E-state index in [0.717, 1.165) is 0 Å². The van der Waals surface area contributed by atoms with Gasteiger partial charge < -0.3 is 15.5 Å². The van der Waals surface area contributed by atoms with Crippen molar-refractivity contribution in [1.82, 2.24) is 5.32 Å². The molecule has 0 radical (unpaired) electrons. The van der Waals surface area contributed by atoms with Crippen LogP contribution in [0.15, 0.2) is 52.5 Å². The molecule has 0 bridgehead atoms. The van der Waals surface area contributed by atoms with Crippen molar-refractivity contribution in [2.45, 2.75) is 12.3 Å². The molecule has 1 aliphatic carbocycles. The molecule has 112 valence electrons. The third-order valence-electron chi connectivity index (χ3n) is 3.95. The van der Waals surface area contributed by atoms with E-state index >= 15 is 0 Å². The Balaban J connectivity index is 2.27. The number of ketones is 1. The van der Waals surface area contributed by atoms with Crippen LogP contribution in [0.2, 0.25) is 0 Å². The van der Waals surface area contributed by atoms with E-state index in [-0.39, 0.29) is 0 Å². The molecular formula is C16H13NO4S. The molecule has 0 saturated carbocycles. The number of aliphatic hydroxyl groups excluding tert-OH is 1. The molecule has 22 heavy (non-hydrogen) atoms. The van der Waals surface area contributed by atoms with Gasteiger partial charge in [-0.05, 0) is 30.0 Å². The Bertz CT molecular complexity index is 797. The molecule has 0 spiro atoms. The van der Waals surface area contributed by atoms with Crippen LogP contribution >= 0.6 is 11.3 Å². The fourth-order valence-corrected chi connectivity index (χ4v) is 3.66. The number of hydrogen-bond acceptors (Lipinski definition) is 5. The van der Waals surface area contributed by atoms with Crippen LogP contribution in [-0.2, 0) is 15.0 Å². The maximum absolute atomic E-state index is 12.8. The monoisotopic (exact) mass is 315 g/mol. The summed E-state index contributed by atoms with van der Waals surface area (Å²) in [5.41, 5.74) is -0.201. The highest BCUT2D eigenvalue weighted by atomic mass is 32.1. The summed E-state index contributed by atoms with van der Waals surface area (Å²) in [6.45, 7) is 1.67. The molecule has 1 atom stereocenters. The quantitative estimate of drug-likeness (QED) is 0.730. The van der Waals surface area contributed by atoms with Crippen LogP contribution in [0.3, 0.4) is 0 Å². The van der Waals surface area contributed by atoms with Crippen molar-refractivity contribution in [2.24, 2.45) is 0 Å². The van der Waals surface area contributed by atoms with Crippen molar-refractivity contribution in [3.63, 3.8) is 0 Å². The lowest BCUT2D eigenvalue weighted by molar-refractivity contribution is -0.135. The Kier molecular flexibility index (Phi) is 3.26. The van der Waals surface area contributed by atoms with Crippen LogP contribution in [0.1, 0.15) is 18.1 Å². The van der Waals surface area contributed by atoms with Crippen LogP contribution in [0.5, 0.6) is 0 Å². The molecule has 3 rings (SSSR count). The molecular weight excluding hydrogens is 302 g/mol. The minimum absolute atomic E-state index is 0.393. The van der Waals surface area contributed by atoms with Gasteiger partial charge in [0.2, 0.25) is 0 Å². The van der Waals surface area contributed by atoms with Crippen molar-refractivity contribution >= 4 is 28.8 Å². The average molecular weight is 315 g/mol. The van der Waals surface area contributed by atoms with E-state index in [1.807, 2.05) is 0 Å². The van der Waals surface area contributed by atoms with Gasteiger partial charge in [-0.25, -0.2) is 4.79 Å². The van der Waals surface area contributed by atoms with Crippen LogP contribution in [-0.4, -0.2) is 22.0 Å². The predicted octanol–water partition coefficient (Wildman–Crippen LogP) is 2.50. The highest BCUT2D eigenvalue weighted by Crippen LogP contribution is 2.45. The molecule has 1 aromatic heterocycles. The van der Waals surface area contributed by atoms with Gasteiger partial charge in [-0.1, -0.05) is 12.2 Å². The van der Waals surface area contributed by atoms with Gasteiger partial charge in [-0.3, -0.25) is 4.79 Å². The molecule has 2 heterocycles. The molecule has 1 aliphatic heterocycles. The highest BCUT2D eigenvalue weighted by molar-refractivity contribution is 7.08. The van der Waals surface area contributed by atoms with Gasteiger partial charge in [0.15, 0.2) is 5.78 Å². The number of nitrogens with one attached hydrogen (secondary N) is 1. The van der Waals surface area contributed by atoms with Crippen LogP contribution in [0.25, 0.3) is 5.76 Å². The standard InChI is InChI=1S/C16H13NO4S/c1-16(11-5-3-2-4-6-17-11)10-8-22-7-9(10)13(18)12(14(16)19)15(20)21/h2-8,17-18H,1H3,(H,20,21). The second-order valence-electron chi connectivity index (χ2n) is 5.15. The number of carboxylic acids is 1. The van der Waals surface area contributed by atoms with Gasteiger partial charge >= 0.3 is 5.97 Å². The van der Waals surface area contributed by atoms with E-state index < -0.39 is 28.5 Å². The fourth-order valence-electron chi connectivity index (χ4n) is 2.72. The molecule has 1 aromatic rings. The Hall–Kier alpha value is -2.60. The number of aliphatic carboxylic acids is 1. The third-order valence-corrected chi connectivity index (χ3v) is 4.69. The lowest BCUT2D eigenvalue weighted by Gasteiger charge is -2.34. The molecule has 0 aromatic carbocycles. The molecule has 6 heteroatoms. The molecule has 0 fully saturated rings. The van der Waals surface area contributed by atoms with Gasteiger partial charge in [0.05, 0.1) is 5.41 Å². The van der Waals surface area contributed by atoms with Crippen molar-refractivity contribution in [2.75, 3.05) is 0 Å². The van der Waals surface area contributed by atoms with E-state index in [4.69, 9.17) is 0 Å². The van der Waals surface area contributed by atoms with E-state index in [1.54, 1.807) is 48.2 Å². The summed E-state index contributed by atoms with van der Waals surface area (Å²) in [5, 5.41) is 25.9. The topological polar surface area (TPSA) is 86.6 Å². The van der Waals surface area contributed by atoms with Gasteiger partial charge in [-0.15, -0.1) is 0 Å². The first-order chi connectivity index (χ1) is 10.5. The number of carbonyl (C=O) groups excluding carboxylic acids is 1. The Morgan fingerprint density at radius 3 is 2.77 bits per heavy atom. The minimum atomic E-state index is -1.43. The number of aliphatic hydroxyl groups is 1. The van der Waals surface area contributed by atoms with E-state index in [1.165, 1.54) is 11.3 Å². The van der Waals surface area contributed by atoms with E-state index in [0.29, 0.717) is 16.8 Å². The number of thiophene rings is 1. The highest BCUT2D eigenvalue weighted by Gasteiger charge is 2.49. The smallest absolute Gasteiger partial charge is 0.343 e. The number of hydrogen-bond donors (Lipinski definition) is 3. The van der Waals surface area contributed by atoms with Crippen molar-refractivity contribution < 1.29 is 19.8 Å². The number of rotatable bonds is 2. The number of fused-ring (bicyclic) bond motifs is 1. The Morgan fingerprint density at radius 2 is 2.05 bits per heavy atom. The van der Waals surface area contributed by atoms with Gasteiger partial charge in [-0.2, -0.15) is 11.3 Å². The van der Waals surface area contributed by atoms with Crippen molar-refractivity contribution in [1.29, 1.82) is 0 Å². The lowest BCUT2D eigenvalue weighted by Crippen LogP contribution is -2.44. The zero-order chi connectivity index (χ0) is 15.9. The molecule has 0 saturated heterocycles. The largest absolute Gasteiger partial charge is 0.506 e. The van der Waals surface area contributed by atoms with Crippen molar-refractivity contribution in [3.05, 3.63) is 63.7 Å². The first-order valence-electron chi connectivity index (χ1n) is 6.56. The Morgan fingerprint density at radius 1 is 1.27 bits per heavy atom. The summed E-state index contributed by atoms with van der Waals surface area (Å²) < 4.78 is 0. The number of carboxylic acid groups (broad SMARTS) is 1. The maximum Gasteiger partial charge on any atom is 0.343 e. The first kappa shape index (κ1) is 14.3. The SMILES string of the molecule is CC1(C2=CC=CC=CN2)C(=O)C(C(=O)O)=C(O)c2cscc21. The van der Waals surface area contributed by atoms with Crippen molar-refractivity contribution in [3.8, 4) is 0 Å². The molecule has 5 nitrogen and oxygen atoms in total. The summed E-state index contributed by atoms with van der Waals surface area (Å²) in [6, 6.07) is 0. The second kappa shape index (κ2) is 4.99. The summed E-state index contributed by atoms with van der Waals surface area (Å²) in [7, 11) is 0. The van der Waals surface area contributed by atoms with Gasteiger partial charge in [0.25, 0.3) is 0 Å². The normalized spacial score (nSPS) is 23.7. The third kappa shape index (κ3) is 1.84. The first-order valence-corrected chi connectivity index (χ1v) is 7.51. The summed E-state index contributed by atoms with van der Waals surface area (Å²) in [5.74, 6) is -2.52. The number of allylic oxidation sites excluding steroid dienone is 5. The van der Waals surface area contributed by atoms with E-state index in [9.17, 15) is 19.8 Å². The second-order valence-corrected chi connectivity index (χ2v) is 5.89. The zero-order valence-electron chi connectivity index (χ0n) is 11.7.